The highest BCUT2D eigenvalue weighted by Gasteiger charge is 2.26. The van der Waals surface area contributed by atoms with Gasteiger partial charge in [-0.25, -0.2) is 9.97 Å². The molecule has 2 aliphatic rings. The molecule has 2 fully saturated rings. The van der Waals surface area contributed by atoms with E-state index in [9.17, 15) is 0 Å². The minimum absolute atomic E-state index is 0.450. The molecule has 5 rings (SSSR count). The molecule has 6 heteroatoms. The first-order valence-electron chi connectivity index (χ1n) is 11.2. The maximum Gasteiger partial charge on any atom is 0.225 e. The predicted octanol–water partition coefficient (Wildman–Crippen LogP) is 4.15. The second kappa shape index (κ2) is 8.56. The molecule has 0 amide bonds. The molecule has 4 heterocycles. The third-order valence-electron chi connectivity index (χ3n) is 6.38. The molecule has 0 aliphatic carbocycles. The number of piperidine rings is 1. The number of nitrogens with one attached hydrogen (secondary N) is 1. The van der Waals surface area contributed by atoms with Crippen molar-refractivity contribution in [3.05, 3.63) is 59.5 Å². The quantitative estimate of drug-likeness (QED) is 0.694. The van der Waals surface area contributed by atoms with Crippen molar-refractivity contribution in [3.63, 3.8) is 0 Å². The molecule has 6 nitrogen and oxygen atoms in total. The number of anilines is 1. The third kappa shape index (κ3) is 4.10. The van der Waals surface area contributed by atoms with E-state index in [-0.39, 0.29) is 0 Å². The summed E-state index contributed by atoms with van der Waals surface area (Å²) in [6.07, 6.45) is 8.66. The van der Waals surface area contributed by atoms with Gasteiger partial charge in [0.05, 0.1) is 11.9 Å². The third-order valence-corrected chi connectivity index (χ3v) is 6.38. The van der Waals surface area contributed by atoms with Crippen molar-refractivity contribution >= 4 is 5.95 Å². The van der Waals surface area contributed by atoms with Crippen LogP contribution in [0.1, 0.15) is 48.4 Å². The van der Waals surface area contributed by atoms with E-state index in [1.807, 2.05) is 18.5 Å². The first-order valence-corrected chi connectivity index (χ1v) is 11.2. The summed E-state index contributed by atoms with van der Waals surface area (Å²) in [6, 6.07) is 10.9. The number of aromatic nitrogens is 4. The first-order chi connectivity index (χ1) is 14.8. The fourth-order valence-electron chi connectivity index (χ4n) is 4.88. The predicted molar refractivity (Wildman–Crippen MR) is 119 cm³/mol. The fraction of sp³-hybridized carbons (Fsp3) is 0.458. The van der Waals surface area contributed by atoms with E-state index in [0.717, 1.165) is 49.9 Å². The number of likely N-dealkylation sites (tertiary alicyclic amines) is 1. The van der Waals surface area contributed by atoms with Crippen molar-refractivity contribution in [2.75, 3.05) is 31.1 Å². The molecule has 2 aliphatic heterocycles. The van der Waals surface area contributed by atoms with Crippen LogP contribution in [0, 0.1) is 6.92 Å². The highest BCUT2D eigenvalue weighted by molar-refractivity contribution is 5.63. The van der Waals surface area contributed by atoms with Crippen molar-refractivity contribution < 1.29 is 0 Å². The maximum atomic E-state index is 4.89. The number of nitrogens with zero attached hydrogens (tertiary/aromatic N) is 5. The van der Waals surface area contributed by atoms with Gasteiger partial charge in [-0.3, -0.25) is 10.00 Å². The van der Waals surface area contributed by atoms with Crippen molar-refractivity contribution in [1.29, 1.82) is 0 Å². The van der Waals surface area contributed by atoms with E-state index >= 15 is 0 Å². The molecule has 1 atom stereocenters. The Morgan fingerprint density at radius 1 is 1.10 bits per heavy atom. The molecular weight excluding hydrogens is 372 g/mol. The molecular formula is C24H30N6. The van der Waals surface area contributed by atoms with Crippen LogP contribution in [0.25, 0.3) is 11.3 Å². The number of rotatable bonds is 5. The van der Waals surface area contributed by atoms with Gasteiger partial charge in [-0.1, -0.05) is 29.8 Å². The van der Waals surface area contributed by atoms with Crippen LogP contribution in [0.15, 0.2) is 42.7 Å². The Morgan fingerprint density at radius 2 is 2.00 bits per heavy atom. The van der Waals surface area contributed by atoms with Crippen molar-refractivity contribution in [2.45, 2.75) is 45.1 Å². The van der Waals surface area contributed by atoms with Gasteiger partial charge in [0.2, 0.25) is 5.95 Å². The van der Waals surface area contributed by atoms with E-state index in [2.05, 4.69) is 56.2 Å². The smallest absolute Gasteiger partial charge is 0.225 e. The van der Waals surface area contributed by atoms with E-state index in [1.54, 1.807) is 0 Å². The van der Waals surface area contributed by atoms with Crippen LogP contribution in [0.4, 0.5) is 5.95 Å². The number of aromatic amines is 1. The van der Waals surface area contributed by atoms with Gasteiger partial charge in [0.15, 0.2) is 0 Å². The van der Waals surface area contributed by atoms with E-state index < -0.39 is 0 Å². The Kier molecular flexibility index (Phi) is 5.49. The van der Waals surface area contributed by atoms with Gasteiger partial charge >= 0.3 is 0 Å². The highest BCUT2D eigenvalue weighted by Crippen LogP contribution is 2.33. The molecule has 0 bridgehead atoms. The summed E-state index contributed by atoms with van der Waals surface area (Å²) in [5.74, 6) is 1.30. The van der Waals surface area contributed by atoms with Crippen LogP contribution < -0.4 is 4.90 Å². The summed E-state index contributed by atoms with van der Waals surface area (Å²) in [5.41, 5.74) is 6.04. The molecule has 30 heavy (non-hydrogen) atoms. The average Bonchev–Trinajstić information content (AvgIpc) is 3.47. The van der Waals surface area contributed by atoms with Crippen LogP contribution in [0.5, 0.6) is 0 Å². The second-order valence-electron chi connectivity index (χ2n) is 8.70. The van der Waals surface area contributed by atoms with E-state index in [4.69, 9.17) is 4.98 Å². The molecule has 0 saturated carbocycles. The lowest BCUT2D eigenvalue weighted by Gasteiger charge is -2.32. The number of H-pyrrole nitrogens is 1. The zero-order valence-corrected chi connectivity index (χ0v) is 17.7. The van der Waals surface area contributed by atoms with Crippen LogP contribution in [0.3, 0.4) is 0 Å². The molecule has 1 aromatic carbocycles. The zero-order valence-electron chi connectivity index (χ0n) is 17.7. The maximum absolute atomic E-state index is 4.89. The van der Waals surface area contributed by atoms with Crippen LogP contribution in [-0.4, -0.2) is 51.2 Å². The Hall–Kier alpha value is -2.73. The number of hydrogen-bond donors (Lipinski definition) is 1. The lowest BCUT2D eigenvalue weighted by atomic mass is 9.91. The molecule has 1 N–H and O–H groups in total. The van der Waals surface area contributed by atoms with Gasteiger partial charge in [0.25, 0.3) is 0 Å². The molecule has 2 saturated heterocycles. The van der Waals surface area contributed by atoms with Crippen molar-refractivity contribution in [1.82, 2.24) is 25.1 Å². The molecule has 0 radical (unpaired) electrons. The molecule has 1 unspecified atom stereocenters. The Balaban J connectivity index is 1.34. The monoisotopic (exact) mass is 402 g/mol. The highest BCUT2D eigenvalue weighted by atomic mass is 15.3. The zero-order chi connectivity index (χ0) is 20.3. The number of aryl methyl sites for hydroxylation is 1. The van der Waals surface area contributed by atoms with E-state index in [1.165, 1.54) is 42.5 Å². The second-order valence-corrected chi connectivity index (χ2v) is 8.70. The lowest BCUT2D eigenvalue weighted by molar-refractivity contribution is 0.198. The SMILES string of the molecule is Cc1cccc(CN2CCCC(c3[nH]ncc3-c3ccnc(N4CCCC4)n3)C2)c1. The number of benzene rings is 1. The van der Waals surface area contributed by atoms with Crippen molar-refractivity contribution in [3.8, 4) is 11.3 Å². The fourth-order valence-corrected chi connectivity index (χ4v) is 4.88. The minimum Gasteiger partial charge on any atom is -0.341 e. The first kappa shape index (κ1) is 19.2. The van der Waals surface area contributed by atoms with Crippen LogP contribution in [-0.2, 0) is 6.54 Å². The molecule has 3 aromatic rings. The normalized spacial score (nSPS) is 20.0. The van der Waals surface area contributed by atoms with Crippen LogP contribution >= 0.6 is 0 Å². The van der Waals surface area contributed by atoms with Gasteiger partial charge < -0.3 is 4.90 Å². The summed E-state index contributed by atoms with van der Waals surface area (Å²) in [5, 5.41) is 7.71. The Bertz CT molecular complexity index is 991. The molecule has 2 aromatic heterocycles. The molecule has 0 spiro atoms. The topological polar surface area (TPSA) is 60.9 Å². The summed E-state index contributed by atoms with van der Waals surface area (Å²) in [6.45, 7) is 7.48. The van der Waals surface area contributed by atoms with Gasteiger partial charge in [0.1, 0.15) is 0 Å². The van der Waals surface area contributed by atoms with Gasteiger partial charge in [-0.05, 0) is 50.8 Å². The van der Waals surface area contributed by atoms with Crippen LogP contribution in [0.2, 0.25) is 0 Å². The Morgan fingerprint density at radius 3 is 2.87 bits per heavy atom. The minimum atomic E-state index is 0.450. The van der Waals surface area contributed by atoms with E-state index in [0.29, 0.717) is 5.92 Å². The number of hydrogen-bond acceptors (Lipinski definition) is 5. The largest absolute Gasteiger partial charge is 0.341 e. The lowest BCUT2D eigenvalue weighted by Crippen LogP contribution is -2.34. The summed E-state index contributed by atoms with van der Waals surface area (Å²) in [4.78, 5) is 14.3. The van der Waals surface area contributed by atoms with Gasteiger partial charge in [-0.2, -0.15) is 5.10 Å². The van der Waals surface area contributed by atoms with Crippen molar-refractivity contribution in [2.24, 2.45) is 0 Å². The summed E-state index contributed by atoms with van der Waals surface area (Å²) >= 11 is 0. The summed E-state index contributed by atoms with van der Waals surface area (Å²) in [7, 11) is 0. The summed E-state index contributed by atoms with van der Waals surface area (Å²) < 4.78 is 0. The average molecular weight is 403 g/mol. The molecule has 156 valence electrons. The van der Waals surface area contributed by atoms with Gasteiger partial charge in [0, 0.05) is 49.6 Å². The van der Waals surface area contributed by atoms with Gasteiger partial charge in [-0.15, -0.1) is 0 Å². The Labute approximate surface area is 178 Å². The standard InChI is InChI=1S/C24H30N6/c1-18-6-4-7-19(14-18)16-29-11-5-8-20(17-29)23-21(15-26-28-23)22-9-10-25-24(27-22)30-12-2-3-13-30/h4,6-7,9-10,14-15,20H,2-3,5,8,11-13,16-17H2,1H3,(H,26,28).